The Kier molecular flexibility index (Phi) is 4.43. The number of ether oxygens (including phenoxy) is 1. The van der Waals surface area contributed by atoms with Gasteiger partial charge in [-0.2, -0.15) is 0 Å². The number of likely N-dealkylation sites (tertiary alicyclic amines) is 1. The highest BCUT2D eigenvalue weighted by Crippen LogP contribution is 2.20. The summed E-state index contributed by atoms with van der Waals surface area (Å²) in [4.78, 5) is 2.57. The van der Waals surface area contributed by atoms with Crippen molar-refractivity contribution in [1.82, 2.24) is 4.90 Å². The Morgan fingerprint density at radius 3 is 2.47 bits per heavy atom. The van der Waals surface area contributed by atoms with Gasteiger partial charge in [-0.25, -0.2) is 0 Å². The fourth-order valence-electron chi connectivity index (χ4n) is 2.38. The van der Waals surface area contributed by atoms with Gasteiger partial charge in [0.05, 0.1) is 0 Å². The lowest BCUT2D eigenvalue weighted by Gasteiger charge is -2.35. The third-order valence-corrected chi connectivity index (χ3v) is 3.74. The van der Waals surface area contributed by atoms with Crippen LogP contribution in [0.25, 0.3) is 0 Å². The van der Waals surface area contributed by atoms with E-state index in [1.165, 1.54) is 19.5 Å². The SMILES string of the molecule is CCC(C)N1CCC(Oc2ccccc2)CC1. The zero-order valence-corrected chi connectivity index (χ0v) is 10.9. The summed E-state index contributed by atoms with van der Waals surface area (Å²) in [5.74, 6) is 1.01. The smallest absolute Gasteiger partial charge is 0.119 e. The van der Waals surface area contributed by atoms with Crippen molar-refractivity contribution in [3.8, 4) is 5.75 Å². The predicted octanol–water partition coefficient (Wildman–Crippen LogP) is 3.33. The summed E-state index contributed by atoms with van der Waals surface area (Å²) < 4.78 is 5.99. The molecule has 1 heterocycles. The molecule has 0 aromatic heterocycles. The van der Waals surface area contributed by atoms with E-state index in [0.29, 0.717) is 12.1 Å². The summed E-state index contributed by atoms with van der Waals surface area (Å²) in [6.07, 6.45) is 3.94. The van der Waals surface area contributed by atoms with Crippen LogP contribution in [0.3, 0.4) is 0 Å². The number of piperidine rings is 1. The topological polar surface area (TPSA) is 12.5 Å². The molecule has 0 N–H and O–H groups in total. The predicted molar refractivity (Wildman–Crippen MR) is 71.4 cm³/mol. The van der Waals surface area contributed by atoms with E-state index in [2.05, 4.69) is 18.7 Å². The van der Waals surface area contributed by atoms with Gasteiger partial charge < -0.3 is 9.64 Å². The monoisotopic (exact) mass is 233 g/mol. The van der Waals surface area contributed by atoms with Gasteiger partial charge in [0.1, 0.15) is 11.9 Å². The maximum Gasteiger partial charge on any atom is 0.119 e. The Bertz CT molecular complexity index is 317. The second-order valence-electron chi connectivity index (χ2n) is 4.92. The molecule has 1 aromatic carbocycles. The normalized spacial score (nSPS) is 20.1. The summed E-state index contributed by atoms with van der Waals surface area (Å²) in [5, 5.41) is 0. The molecule has 1 fully saturated rings. The van der Waals surface area contributed by atoms with Crippen LogP contribution in [-0.2, 0) is 0 Å². The van der Waals surface area contributed by atoms with Gasteiger partial charge in [0.2, 0.25) is 0 Å². The average Bonchev–Trinajstić information content (AvgIpc) is 2.40. The molecule has 0 bridgehead atoms. The zero-order chi connectivity index (χ0) is 12.1. The van der Waals surface area contributed by atoms with Crippen molar-refractivity contribution in [2.45, 2.75) is 45.3 Å². The molecular formula is C15H23NO. The van der Waals surface area contributed by atoms with Gasteiger partial charge in [-0.05, 0) is 38.3 Å². The fourth-order valence-corrected chi connectivity index (χ4v) is 2.38. The van der Waals surface area contributed by atoms with Crippen LogP contribution >= 0.6 is 0 Å². The van der Waals surface area contributed by atoms with E-state index in [0.717, 1.165) is 18.6 Å². The minimum atomic E-state index is 0.401. The van der Waals surface area contributed by atoms with E-state index >= 15 is 0 Å². The molecule has 1 saturated heterocycles. The van der Waals surface area contributed by atoms with Gasteiger partial charge in [-0.3, -0.25) is 0 Å². The Morgan fingerprint density at radius 1 is 1.24 bits per heavy atom. The summed E-state index contributed by atoms with van der Waals surface area (Å²) in [7, 11) is 0. The standard InChI is InChI=1S/C15H23NO/c1-3-13(2)16-11-9-15(10-12-16)17-14-7-5-4-6-8-14/h4-8,13,15H,3,9-12H2,1-2H3. The van der Waals surface area contributed by atoms with Crippen molar-refractivity contribution >= 4 is 0 Å². The number of nitrogens with zero attached hydrogens (tertiary/aromatic N) is 1. The van der Waals surface area contributed by atoms with Gasteiger partial charge in [0, 0.05) is 19.1 Å². The summed E-state index contributed by atoms with van der Waals surface area (Å²) in [5.41, 5.74) is 0. The summed E-state index contributed by atoms with van der Waals surface area (Å²) in [6, 6.07) is 10.9. The van der Waals surface area contributed by atoms with Gasteiger partial charge >= 0.3 is 0 Å². The number of hydrogen-bond acceptors (Lipinski definition) is 2. The van der Waals surface area contributed by atoms with Crippen LogP contribution in [0.15, 0.2) is 30.3 Å². The fraction of sp³-hybridized carbons (Fsp3) is 0.600. The van der Waals surface area contributed by atoms with Crippen molar-refractivity contribution in [3.63, 3.8) is 0 Å². The van der Waals surface area contributed by atoms with Gasteiger partial charge in [0.25, 0.3) is 0 Å². The lowest BCUT2D eigenvalue weighted by molar-refractivity contribution is 0.0788. The summed E-state index contributed by atoms with van der Waals surface area (Å²) >= 11 is 0. The van der Waals surface area contributed by atoms with E-state index in [1.54, 1.807) is 0 Å². The highest BCUT2D eigenvalue weighted by atomic mass is 16.5. The van der Waals surface area contributed by atoms with E-state index in [1.807, 2.05) is 30.3 Å². The van der Waals surface area contributed by atoms with Crippen LogP contribution in [0.1, 0.15) is 33.1 Å². The molecule has 1 aromatic rings. The number of hydrogen-bond donors (Lipinski definition) is 0. The first-order chi connectivity index (χ1) is 8.29. The molecule has 1 aliphatic rings. The van der Waals surface area contributed by atoms with Crippen molar-refractivity contribution in [2.75, 3.05) is 13.1 Å². The highest BCUT2D eigenvalue weighted by molar-refractivity contribution is 5.21. The van der Waals surface area contributed by atoms with Gasteiger partial charge in [-0.15, -0.1) is 0 Å². The van der Waals surface area contributed by atoms with E-state index in [-0.39, 0.29) is 0 Å². The lowest BCUT2D eigenvalue weighted by atomic mass is 10.0. The third-order valence-electron chi connectivity index (χ3n) is 3.74. The second kappa shape index (κ2) is 6.06. The molecular weight excluding hydrogens is 210 g/mol. The molecule has 0 saturated carbocycles. The second-order valence-corrected chi connectivity index (χ2v) is 4.92. The molecule has 1 atom stereocenters. The van der Waals surface area contributed by atoms with Crippen molar-refractivity contribution in [1.29, 1.82) is 0 Å². The van der Waals surface area contributed by atoms with E-state index in [9.17, 15) is 0 Å². The minimum absolute atomic E-state index is 0.401. The molecule has 2 nitrogen and oxygen atoms in total. The van der Waals surface area contributed by atoms with Crippen LogP contribution in [0.5, 0.6) is 5.75 Å². The largest absolute Gasteiger partial charge is 0.490 e. The molecule has 17 heavy (non-hydrogen) atoms. The van der Waals surface area contributed by atoms with E-state index in [4.69, 9.17) is 4.74 Å². The van der Waals surface area contributed by atoms with Gasteiger partial charge in [-0.1, -0.05) is 25.1 Å². The van der Waals surface area contributed by atoms with Crippen LogP contribution in [0.4, 0.5) is 0 Å². The van der Waals surface area contributed by atoms with Crippen LogP contribution < -0.4 is 4.74 Å². The molecule has 1 aliphatic heterocycles. The van der Waals surface area contributed by atoms with Crippen molar-refractivity contribution in [2.24, 2.45) is 0 Å². The first kappa shape index (κ1) is 12.4. The Balaban J connectivity index is 1.80. The molecule has 0 radical (unpaired) electrons. The van der Waals surface area contributed by atoms with Crippen LogP contribution in [0, 0.1) is 0 Å². The number of rotatable bonds is 4. The molecule has 2 rings (SSSR count). The number of benzene rings is 1. The maximum atomic E-state index is 5.99. The quantitative estimate of drug-likeness (QED) is 0.791. The number of para-hydroxylation sites is 1. The lowest BCUT2D eigenvalue weighted by Crippen LogP contribution is -2.42. The van der Waals surface area contributed by atoms with Gasteiger partial charge in [0.15, 0.2) is 0 Å². The molecule has 2 heteroatoms. The first-order valence-corrected chi connectivity index (χ1v) is 6.75. The molecule has 0 spiro atoms. The van der Waals surface area contributed by atoms with Crippen molar-refractivity contribution in [3.05, 3.63) is 30.3 Å². The van der Waals surface area contributed by atoms with E-state index < -0.39 is 0 Å². The minimum Gasteiger partial charge on any atom is -0.490 e. The summed E-state index contributed by atoms with van der Waals surface area (Å²) in [6.45, 7) is 6.93. The Morgan fingerprint density at radius 2 is 1.88 bits per heavy atom. The third kappa shape index (κ3) is 3.47. The molecule has 94 valence electrons. The Hall–Kier alpha value is -1.02. The highest BCUT2D eigenvalue weighted by Gasteiger charge is 2.22. The zero-order valence-electron chi connectivity index (χ0n) is 10.9. The first-order valence-electron chi connectivity index (χ1n) is 6.75. The Labute approximate surface area is 105 Å². The average molecular weight is 233 g/mol. The molecule has 1 unspecified atom stereocenters. The van der Waals surface area contributed by atoms with Crippen LogP contribution in [-0.4, -0.2) is 30.1 Å². The van der Waals surface area contributed by atoms with Crippen LogP contribution in [0.2, 0.25) is 0 Å². The van der Waals surface area contributed by atoms with Crippen molar-refractivity contribution < 1.29 is 4.74 Å². The molecule has 0 aliphatic carbocycles. The maximum absolute atomic E-state index is 5.99. The molecule has 0 amide bonds.